The summed E-state index contributed by atoms with van der Waals surface area (Å²) in [6, 6.07) is 15.9. The Balaban J connectivity index is 1.62. The van der Waals surface area contributed by atoms with Crippen LogP contribution in [0, 0.1) is 0 Å². The van der Waals surface area contributed by atoms with Crippen molar-refractivity contribution in [3.63, 3.8) is 0 Å². The highest BCUT2D eigenvalue weighted by atomic mass is 79.9. The van der Waals surface area contributed by atoms with E-state index in [1.807, 2.05) is 54.7 Å². The standard InChI is InChI=1S/C20H19BrN4O/c21-15-6-7-16-17(20(26)24-11-14-4-2-1-3-5-14)12-25(18(16)10-15)13-19-22-8-9-23-19/h1-7,10,12H,8-9,11,13H2,(H,22,23)(H,24,26). The summed E-state index contributed by atoms with van der Waals surface area (Å²) in [5.74, 6) is 0.888. The first-order valence-corrected chi connectivity index (χ1v) is 9.38. The smallest absolute Gasteiger partial charge is 0.253 e. The third-order valence-electron chi connectivity index (χ3n) is 4.45. The minimum atomic E-state index is -0.0683. The van der Waals surface area contributed by atoms with Crippen LogP contribution >= 0.6 is 15.9 Å². The number of carbonyl (C=O) groups is 1. The number of fused-ring (bicyclic) bond motifs is 1. The van der Waals surface area contributed by atoms with Gasteiger partial charge in [-0.05, 0) is 17.7 Å². The molecule has 26 heavy (non-hydrogen) atoms. The maximum absolute atomic E-state index is 12.8. The van der Waals surface area contributed by atoms with Crippen LogP contribution in [0.15, 0.2) is 64.2 Å². The Labute approximate surface area is 160 Å². The first-order valence-electron chi connectivity index (χ1n) is 8.58. The summed E-state index contributed by atoms with van der Waals surface area (Å²) in [6.45, 7) is 2.83. The van der Waals surface area contributed by atoms with Gasteiger partial charge in [-0.3, -0.25) is 9.79 Å². The monoisotopic (exact) mass is 410 g/mol. The molecule has 1 aliphatic rings. The van der Waals surface area contributed by atoms with Crippen LogP contribution < -0.4 is 10.6 Å². The van der Waals surface area contributed by atoms with Crippen molar-refractivity contribution in [1.82, 2.24) is 15.2 Å². The Kier molecular flexibility index (Phi) is 4.75. The zero-order chi connectivity index (χ0) is 17.9. The molecule has 0 spiro atoms. The number of amides is 1. The minimum Gasteiger partial charge on any atom is -0.370 e. The lowest BCUT2D eigenvalue weighted by atomic mass is 10.1. The fourth-order valence-corrected chi connectivity index (χ4v) is 3.51. The van der Waals surface area contributed by atoms with Gasteiger partial charge in [0.25, 0.3) is 5.91 Å². The number of hydrogen-bond donors (Lipinski definition) is 2. The van der Waals surface area contributed by atoms with Crippen LogP contribution in [0.4, 0.5) is 0 Å². The van der Waals surface area contributed by atoms with Gasteiger partial charge in [-0.25, -0.2) is 0 Å². The second kappa shape index (κ2) is 7.33. The molecule has 0 fully saturated rings. The lowest BCUT2D eigenvalue weighted by Crippen LogP contribution is -2.24. The molecule has 132 valence electrons. The maximum Gasteiger partial charge on any atom is 0.253 e. The van der Waals surface area contributed by atoms with Crippen molar-refractivity contribution in [2.75, 3.05) is 13.1 Å². The summed E-state index contributed by atoms with van der Waals surface area (Å²) in [5.41, 5.74) is 2.78. The summed E-state index contributed by atoms with van der Waals surface area (Å²) in [5, 5.41) is 7.25. The van der Waals surface area contributed by atoms with Crippen LogP contribution in [0.3, 0.4) is 0 Å². The first-order chi connectivity index (χ1) is 12.7. The fraction of sp³-hybridized carbons (Fsp3) is 0.200. The number of hydrogen-bond acceptors (Lipinski definition) is 3. The Morgan fingerprint density at radius 3 is 2.85 bits per heavy atom. The van der Waals surface area contributed by atoms with E-state index in [4.69, 9.17) is 0 Å². The largest absolute Gasteiger partial charge is 0.370 e. The molecule has 6 heteroatoms. The number of benzene rings is 2. The molecular weight excluding hydrogens is 392 g/mol. The number of aliphatic imine (C=N–C) groups is 1. The van der Waals surface area contributed by atoms with Gasteiger partial charge in [0.05, 0.1) is 24.2 Å². The number of rotatable bonds is 5. The van der Waals surface area contributed by atoms with Gasteiger partial charge in [0, 0.05) is 29.1 Å². The first kappa shape index (κ1) is 16.8. The lowest BCUT2D eigenvalue weighted by Gasteiger charge is -2.06. The number of nitrogens with one attached hydrogen (secondary N) is 2. The number of halogens is 1. The summed E-state index contributed by atoms with van der Waals surface area (Å²) in [4.78, 5) is 17.2. The Bertz CT molecular complexity index is 978. The molecule has 0 radical (unpaired) electrons. The molecule has 1 aromatic heterocycles. The zero-order valence-electron chi connectivity index (χ0n) is 14.2. The Morgan fingerprint density at radius 1 is 1.23 bits per heavy atom. The molecule has 5 nitrogen and oxygen atoms in total. The van der Waals surface area contributed by atoms with E-state index in [-0.39, 0.29) is 5.91 Å². The van der Waals surface area contributed by atoms with Crippen molar-refractivity contribution < 1.29 is 4.79 Å². The van der Waals surface area contributed by atoms with Crippen LogP contribution in [0.2, 0.25) is 0 Å². The van der Waals surface area contributed by atoms with E-state index in [2.05, 4.69) is 36.1 Å². The molecule has 2 aromatic carbocycles. The predicted octanol–water partition coefficient (Wildman–Crippen LogP) is 3.34. The molecule has 0 aliphatic carbocycles. The van der Waals surface area contributed by atoms with E-state index in [1.165, 1.54) is 0 Å². The quantitative estimate of drug-likeness (QED) is 0.677. The summed E-state index contributed by atoms with van der Waals surface area (Å²) >= 11 is 3.53. The minimum absolute atomic E-state index is 0.0683. The molecule has 0 saturated carbocycles. The molecular formula is C20H19BrN4O. The fourth-order valence-electron chi connectivity index (χ4n) is 3.16. The molecule has 4 rings (SSSR count). The highest BCUT2D eigenvalue weighted by molar-refractivity contribution is 9.10. The highest BCUT2D eigenvalue weighted by Gasteiger charge is 2.17. The van der Waals surface area contributed by atoms with E-state index in [0.717, 1.165) is 39.9 Å². The van der Waals surface area contributed by atoms with Crippen LogP contribution in [0.1, 0.15) is 15.9 Å². The second-order valence-corrected chi connectivity index (χ2v) is 7.17. The topological polar surface area (TPSA) is 58.4 Å². The third-order valence-corrected chi connectivity index (χ3v) is 4.94. The van der Waals surface area contributed by atoms with Gasteiger partial charge in [-0.2, -0.15) is 0 Å². The van der Waals surface area contributed by atoms with Gasteiger partial charge in [0.2, 0.25) is 0 Å². The molecule has 0 unspecified atom stereocenters. The molecule has 0 saturated heterocycles. The lowest BCUT2D eigenvalue weighted by molar-refractivity contribution is 0.0952. The van der Waals surface area contributed by atoms with Crippen molar-refractivity contribution >= 4 is 38.6 Å². The van der Waals surface area contributed by atoms with Gasteiger partial charge < -0.3 is 15.2 Å². The van der Waals surface area contributed by atoms with Gasteiger partial charge in [0.15, 0.2) is 0 Å². The van der Waals surface area contributed by atoms with Crippen LogP contribution in [-0.4, -0.2) is 29.4 Å². The van der Waals surface area contributed by atoms with Gasteiger partial charge in [-0.15, -0.1) is 0 Å². The van der Waals surface area contributed by atoms with Crippen LogP contribution in [0.5, 0.6) is 0 Å². The second-order valence-electron chi connectivity index (χ2n) is 6.26. The van der Waals surface area contributed by atoms with Crippen molar-refractivity contribution in [2.45, 2.75) is 13.1 Å². The van der Waals surface area contributed by atoms with Crippen molar-refractivity contribution in [1.29, 1.82) is 0 Å². The normalized spacial score (nSPS) is 13.5. The van der Waals surface area contributed by atoms with E-state index >= 15 is 0 Å². The van der Waals surface area contributed by atoms with Gasteiger partial charge in [-0.1, -0.05) is 52.3 Å². The van der Waals surface area contributed by atoms with Crippen molar-refractivity contribution in [2.24, 2.45) is 4.99 Å². The van der Waals surface area contributed by atoms with Gasteiger partial charge in [0.1, 0.15) is 5.84 Å². The molecule has 0 bridgehead atoms. The summed E-state index contributed by atoms with van der Waals surface area (Å²) in [7, 11) is 0. The summed E-state index contributed by atoms with van der Waals surface area (Å²) < 4.78 is 3.07. The number of carbonyl (C=O) groups excluding carboxylic acids is 1. The zero-order valence-corrected chi connectivity index (χ0v) is 15.8. The molecule has 0 atom stereocenters. The van der Waals surface area contributed by atoms with E-state index in [1.54, 1.807) is 0 Å². The number of aromatic nitrogens is 1. The molecule has 2 N–H and O–H groups in total. The molecule has 1 aliphatic heterocycles. The van der Waals surface area contributed by atoms with E-state index < -0.39 is 0 Å². The van der Waals surface area contributed by atoms with Crippen LogP contribution in [-0.2, 0) is 13.1 Å². The molecule has 1 amide bonds. The van der Waals surface area contributed by atoms with Gasteiger partial charge >= 0.3 is 0 Å². The predicted molar refractivity (Wildman–Crippen MR) is 108 cm³/mol. The Hall–Kier alpha value is -2.60. The third kappa shape index (κ3) is 3.51. The SMILES string of the molecule is O=C(NCc1ccccc1)c1cn(CC2=NCCN2)c2cc(Br)ccc12. The summed E-state index contributed by atoms with van der Waals surface area (Å²) in [6.07, 6.45) is 1.92. The highest BCUT2D eigenvalue weighted by Crippen LogP contribution is 2.25. The van der Waals surface area contributed by atoms with Crippen LogP contribution in [0.25, 0.3) is 10.9 Å². The molecule has 2 heterocycles. The molecule has 3 aromatic rings. The average molecular weight is 411 g/mol. The average Bonchev–Trinajstić information content (AvgIpc) is 3.29. The number of nitrogens with zero attached hydrogens (tertiary/aromatic N) is 2. The Morgan fingerprint density at radius 2 is 2.08 bits per heavy atom. The maximum atomic E-state index is 12.8. The van der Waals surface area contributed by atoms with Crippen molar-refractivity contribution in [3.05, 3.63) is 70.3 Å². The van der Waals surface area contributed by atoms with Crippen molar-refractivity contribution in [3.8, 4) is 0 Å². The van der Waals surface area contributed by atoms with E-state index in [9.17, 15) is 4.79 Å². The number of amidine groups is 1. The van der Waals surface area contributed by atoms with E-state index in [0.29, 0.717) is 18.7 Å².